The number of esters is 1. The van der Waals surface area contributed by atoms with Gasteiger partial charge in [0, 0.05) is 11.9 Å². The lowest BCUT2D eigenvalue weighted by atomic mass is 10.1. The van der Waals surface area contributed by atoms with Gasteiger partial charge < -0.3 is 19.8 Å². The van der Waals surface area contributed by atoms with Gasteiger partial charge in [0.1, 0.15) is 10.7 Å². The van der Waals surface area contributed by atoms with Crippen LogP contribution in [0, 0.1) is 13.8 Å². The Hall–Kier alpha value is -2.98. The van der Waals surface area contributed by atoms with E-state index in [9.17, 15) is 14.4 Å². The predicted molar refractivity (Wildman–Crippen MR) is 111 cm³/mol. The summed E-state index contributed by atoms with van der Waals surface area (Å²) in [6.45, 7) is 5.29. The van der Waals surface area contributed by atoms with Gasteiger partial charge in [-0.25, -0.2) is 9.78 Å². The Morgan fingerprint density at radius 1 is 1.21 bits per heavy atom. The number of aryl methyl sites for hydroxylation is 1. The molecule has 2 N–H and O–H groups in total. The summed E-state index contributed by atoms with van der Waals surface area (Å²) >= 11 is 2.35. The molecule has 0 aliphatic heterocycles. The maximum Gasteiger partial charge on any atom is 0.341 e. The predicted octanol–water partition coefficient (Wildman–Crippen LogP) is 3.87. The molecule has 0 atom stereocenters. The molecule has 152 valence electrons. The van der Waals surface area contributed by atoms with E-state index in [1.54, 1.807) is 32.9 Å². The molecule has 3 heterocycles. The van der Waals surface area contributed by atoms with Crippen LogP contribution in [0.3, 0.4) is 0 Å². The number of hydrogen-bond acceptors (Lipinski definition) is 8. The summed E-state index contributed by atoms with van der Waals surface area (Å²) < 4.78 is 10.4. The van der Waals surface area contributed by atoms with Crippen LogP contribution >= 0.6 is 22.7 Å². The van der Waals surface area contributed by atoms with E-state index in [1.807, 2.05) is 0 Å². The summed E-state index contributed by atoms with van der Waals surface area (Å²) in [6, 6.07) is 3.50. The number of furan rings is 1. The minimum absolute atomic E-state index is 0.169. The number of nitrogens with one attached hydrogen (secondary N) is 2. The SMILES string of the molecule is CCOC(=O)c1c(NC(=O)c2nc(-c3ccco3)sc2C)sc(C(=O)NC)c1C. The van der Waals surface area contributed by atoms with Crippen LogP contribution in [0.25, 0.3) is 10.8 Å². The summed E-state index contributed by atoms with van der Waals surface area (Å²) in [5.41, 5.74) is 0.848. The van der Waals surface area contributed by atoms with Crippen LogP contribution in [-0.4, -0.2) is 36.4 Å². The number of thiophene rings is 1. The summed E-state index contributed by atoms with van der Waals surface area (Å²) in [7, 11) is 1.50. The molecule has 3 rings (SSSR count). The van der Waals surface area contributed by atoms with E-state index in [2.05, 4.69) is 15.6 Å². The fourth-order valence-electron chi connectivity index (χ4n) is 2.66. The zero-order valence-corrected chi connectivity index (χ0v) is 17.9. The third kappa shape index (κ3) is 4.08. The summed E-state index contributed by atoms with van der Waals surface area (Å²) in [5.74, 6) is -0.855. The van der Waals surface area contributed by atoms with Gasteiger partial charge in [-0.3, -0.25) is 9.59 Å². The number of anilines is 1. The quantitative estimate of drug-likeness (QED) is 0.571. The highest BCUT2D eigenvalue weighted by Crippen LogP contribution is 2.35. The van der Waals surface area contributed by atoms with Gasteiger partial charge in [0.2, 0.25) is 0 Å². The molecule has 0 aliphatic carbocycles. The van der Waals surface area contributed by atoms with E-state index in [0.29, 0.717) is 26.1 Å². The molecule has 10 heteroatoms. The molecule has 0 aromatic carbocycles. The van der Waals surface area contributed by atoms with Crippen LogP contribution in [0.4, 0.5) is 5.00 Å². The average Bonchev–Trinajstić information content (AvgIpc) is 3.40. The minimum Gasteiger partial charge on any atom is -0.462 e. The molecule has 2 amide bonds. The number of hydrogen-bond donors (Lipinski definition) is 2. The second kappa shape index (κ2) is 8.58. The van der Waals surface area contributed by atoms with Crippen LogP contribution in [-0.2, 0) is 4.74 Å². The highest BCUT2D eigenvalue weighted by Gasteiger charge is 2.27. The van der Waals surface area contributed by atoms with Crippen molar-refractivity contribution in [1.82, 2.24) is 10.3 Å². The normalized spacial score (nSPS) is 10.6. The first-order chi connectivity index (χ1) is 13.9. The molecule has 0 saturated heterocycles. The number of amides is 2. The molecule has 3 aromatic rings. The molecule has 3 aromatic heterocycles. The Labute approximate surface area is 174 Å². The van der Waals surface area contributed by atoms with Crippen LogP contribution in [0.1, 0.15) is 47.9 Å². The Balaban J connectivity index is 1.96. The van der Waals surface area contributed by atoms with Crippen molar-refractivity contribution in [1.29, 1.82) is 0 Å². The van der Waals surface area contributed by atoms with Crippen LogP contribution in [0.15, 0.2) is 22.8 Å². The topological polar surface area (TPSA) is 111 Å². The molecule has 0 bridgehead atoms. The zero-order valence-electron chi connectivity index (χ0n) is 16.2. The summed E-state index contributed by atoms with van der Waals surface area (Å²) in [5, 5.41) is 6.08. The summed E-state index contributed by atoms with van der Waals surface area (Å²) in [4.78, 5) is 42.8. The Bertz CT molecular complexity index is 1070. The number of aromatic nitrogens is 1. The number of nitrogens with zero attached hydrogens (tertiary/aromatic N) is 1. The van der Waals surface area contributed by atoms with E-state index in [4.69, 9.17) is 9.15 Å². The van der Waals surface area contributed by atoms with Crippen molar-refractivity contribution in [2.24, 2.45) is 0 Å². The van der Waals surface area contributed by atoms with Crippen LogP contribution in [0.2, 0.25) is 0 Å². The first-order valence-electron chi connectivity index (χ1n) is 8.72. The van der Waals surface area contributed by atoms with Crippen molar-refractivity contribution >= 4 is 45.5 Å². The van der Waals surface area contributed by atoms with Gasteiger partial charge in [-0.15, -0.1) is 22.7 Å². The molecule has 29 heavy (non-hydrogen) atoms. The minimum atomic E-state index is -0.599. The molecular weight excluding hydrogens is 414 g/mol. The van der Waals surface area contributed by atoms with Crippen LogP contribution < -0.4 is 10.6 Å². The van der Waals surface area contributed by atoms with Gasteiger partial charge >= 0.3 is 5.97 Å². The first kappa shape index (κ1) is 20.7. The molecule has 0 fully saturated rings. The van der Waals surface area contributed by atoms with E-state index < -0.39 is 11.9 Å². The maximum absolute atomic E-state index is 12.9. The third-order valence-corrected chi connectivity index (χ3v) is 6.22. The zero-order chi connectivity index (χ0) is 21.1. The van der Waals surface area contributed by atoms with Crippen molar-refractivity contribution in [2.45, 2.75) is 20.8 Å². The number of rotatable bonds is 6. The second-order valence-corrected chi connectivity index (χ2v) is 8.14. The first-order valence-corrected chi connectivity index (χ1v) is 10.4. The van der Waals surface area contributed by atoms with Crippen molar-refractivity contribution in [3.63, 3.8) is 0 Å². The fourth-order valence-corrected chi connectivity index (χ4v) is 4.67. The lowest BCUT2D eigenvalue weighted by Crippen LogP contribution is -2.18. The van der Waals surface area contributed by atoms with Gasteiger partial charge in [-0.2, -0.15) is 0 Å². The molecular formula is C19H19N3O5S2. The van der Waals surface area contributed by atoms with Crippen molar-refractivity contribution in [3.05, 3.63) is 45.0 Å². The number of carbonyl (C=O) groups excluding carboxylic acids is 3. The van der Waals surface area contributed by atoms with Gasteiger partial charge in [0.15, 0.2) is 10.8 Å². The molecule has 0 radical (unpaired) electrons. The second-order valence-electron chi connectivity index (χ2n) is 5.92. The van der Waals surface area contributed by atoms with E-state index in [-0.39, 0.29) is 28.8 Å². The average molecular weight is 434 g/mol. The Kier molecular flexibility index (Phi) is 6.14. The monoisotopic (exact) mass is 433 g/mol. The van der Waals surface area contributed by atoms with Crippen molar-refractivity contribution in [2.75, 3.05) is 19.0 Å². The largest absolute Gasteiger partial charge is 0.462 e. The fraction of sp³-hybridized carbons (Fsp3) is 0.263. The molecule has 0 aliphatic rings. The lowest BCUT2D eigenvalue weighted by molar-refractivity contribution is 0.0527. The van der Waals surface area contributed by atoms with Gasteiger partial charge in [0.05, 0.1) is 23.3 Å². The van der Waals surface area contributed by atoms with E-state index in [1.165, 1.54) is 24.6 Å². The lowest BCUT2D eigenvalue weighted by Gasteiger charge is -2.06. The molecule has 0 saturated carbocycles. The van der Waals surface area contributed by atoms with Crippen molar-refractivity contribution in [3.8, 4) is 10.8 Å². The van der Waals surface area contributed by atoms with Gasteiger partial charge in [-0.1, -0.05) is 0 Å². The van der Waals surface area contributed by atoms with E-state index in [0.717, 1.165) is 11.3 Å². The van der Waals surface area contributed by atoms with E-state index >= 15 is 0 Å². The maximum atomic E-state index is 12.9. The highest BCUT2D eigenvalue weighted by atomic mass is 32.1. The number of thiazole rings is 1. The molecule has 0 unspecified atom stereocenters. The Morgan fingerprint density at radius 2 is 1.97 bits per heavy atom. The summed E-state index contributed by atoms with van der Waals surface area (Å²) in [6.07, 6.45) is 1.53. The Morgan fingerprint density at radius 3 is 2.59 bits per heavy atom. The third-order valence-electron chi connectivity index (χ3n) is 4.03. The smallest absolute Gasteiger partial charge is 0.341 e. The highest BCUT2D eigenvalue weighted by molar-refractivity contribution is 7.19. The number of carbonyl (C=O) groups is 3. The van der Waals surface area contributed by atoms with Crippen molar-refractivity contribution < 1.29 is 23.5 Å². The standard InChI is InChI=1S/C19H19N3O5S2/c1-5-26-19(25)12-9(2)14(16(24)20-4)29-18(12)22-15(23)13-10(3)28-17(21-13)11-7-6-8-27-11/h6-8H,5H2,1-4H3,(H,20,24)(H,22,23). The van der Waals surface area contributed by atoms with Gasteiger partial charge in [0.25, 0.3) is 11.8 Å². The van der Waals surface area contributed by atoms with Crippen LogP contribution in [0.5, 0.6) is 0 Å². The molecule has 8 nitrogen and oxygen atoms in total. The number of ether oxygens (including phenoxy) is 1. The van der Waals surface area contributed by atoms with Gasteiger partial charge in [-0.05, 0) is 38.5 Å². The molecule has 0 spiro atoms.